The summed E-state index contributed by atoms with van der Waals surface area (Å²) in [5.74, 6) is 0.0135. The molecule has 120 valence electrons. The monoisotopic (exact) mass is 304 g/mol. The van der Waals surface area contributed by atoms with Crippen LogP contribution in [0.25, 0.3) is 0 Å². The molecule has 1 aromatic carbocycles. The fourth-order valence-corrected chi connectivity index (χ4v) is 2.59. The molecular formula is C16H24N4O2. The summed E-state index contributed by atoms with van der Waals surface area (Å²) in [5, 5.41) is 5.87. The van der Waals surface area contributed by atoms with Crippen molar-refractivity contribution in [1.82, 2.24) is 10.2 Å². The van der Waals surface area contributed by atoms with Crippen LogP contribution in [0.1, 0.15) is 19.3 Å². The highest BCUT2D eigenvalue weighted by Gasteiger charge is 2.21. The van der Waals surface area contributed by atoms with E-state index in [1.54, 1.807) is 0 Å². The molecule has 0 aliphatic carbocycles. The highest BCUT2D eigenvalue weighted by atomic mass is 16.2. The first kappa shape index (κ1) is 16.5. The summed E-state index contributed by atoms with van der Waals surface area (Å²) in [5.41, 5.74) is 6.18. The van der Waals surface area contributed by atoms with E-state index < -0.39 is 0 Å². The van der Waals surface area contributed by atoms with Crippen molar-refractivity contribution in [2.24, 2.45) is 5.73 Å². The molecule has 0 atom stereocenters. The van der Waals surface area contributed by atoms with Crippen LogP contribution in [-0.4, -0.2) is 48.9 Å². The molecule has 1 aliphatic rings. The maximum atomic E-state index is 12.0. The Kier molecular flexibility index (Phi) is 6.36. The van der Waals surface area contributed by atoms with Gasteiger partial charge in [-0.1, -0.05) is 18.2 Å². The van der Waals surface area contributed by atoms with Gasteiger partial charge in [0.1, 0.15) is 0 Å². The van der Waals surface area contributed by atoms with Gasteiger partial charge in [0.2, 0.25) is 11.8 Å². The second kappa shape index (κ2) is 8.51. The molecule has 0 unspecified atom stereocenters. The van der Waals surface area contributed by atoms with Crippen LogP contribution >= 0.6 is 0 Å². The summed E-state index contributed by atoms with van der Waals surface area (Å²) in [7, 11) is 0. The molecule has 0 radical (unpaired) electrons. The highest BCUT2D eigenvalue weighted by molar-refractivity contribution is 5.92. The Morgan fingerprint density at radius 2 is 1.82 bits per heavy atom. The Morgan fingerprint density at radius 3 is 2.45 bits per heavy atom. The molecule has 0 bridgehead atoms. The van der Waals surface area contributed by atoms with Crippen LogP contribution in [-0.2, 0) is 9.59 Å². The molecule has 6 nitrogen and oxygen atoms in total. The summed E-state index contributed by atoms with van der Waals surface area (Å²) in [4.78, 5) is 25.6. The zero-order valence-corrected chi connectivity index (χ0v) is 12.8. The lowest BCUT2D eigenvalue weighted by atomic mass is 10.0. The largest absolute Gasteiger partial charge is 0.353 e. The Labute approximate surface area is 131 Å². The fraction of sp³-hybridized carbons (Fsp3) is 0.500. The Bertz CT molecular complexity index is 484. The van der Waals surface area contributed by atoms with Crippen LogP contribution in [0.15, 0.2) is 30.3 Å². The molecular weight excluding hydrogens is 280 g/mol. The Hall–Kier alpha value is -1.92. The van der Waals surface area contributed by atoms with E-state index in [0.29, 0.717) is 19.5 Å². The van der Waals surface area contributed by atoms with Crippen molar-refractivity contribution in [3.8, 4) is 0 Å². The number of nitrogens with one attached hydrogen (secondary N) is 2. The third-order valence-corrected chi connectivity index (χ3v) is 3.75. The van der Waals surface area contributed by atoms with Gasteiger partial charge in [0, 0.05) is 37.8 Å². The van der Waals surface area contributed by atoms with E-state index in [1.807, 2.05) is 30.3 Å². The third-order valence-electron chi connectivity index (χ3n) is 3.75. The predicted octanol–water partition coefficient (Wildman–Crippen LogP) is 0.555. The summed E-state index contributed by atoms with van der Waals surface area (Å²) < 4.78 is 0. The number of benzene rings is 1. The second-order valence-electron chi connectivity index (χ2n) is 5.57. The zero-order chi connectivity index (χ0) is 15.8. The van der Waals surface area contributed by atoms with Crippen LogP contribution in [0, 0.1) is 0 Å². The van der Waals surface area contributed by atoms with Gasteiger partial charge in [-0.3, -0.25) is 14.5 Å². The van der Waals surface area contributed by atoms with Gasteiger partial charge < -0.3 is 16.4 Å². The number of nitrogens with zero attached hydrogens (tertiary/aromatic N) is 1. The molecule has 4 N–H and O–H groups in total. The maximum Gasteiger partial charge on any atom is 0.238 e. The van der Waals surface area contributed by atoms with Gasteiger partial charge in [-0.2, -0.15) is 0 Å². The third kappa shape index (κ3) is 5.46. The number of carbonyl (C=O) groups is 2. The molecule has 1 aromatic rings. The number of likely N-dealkylation sites (tertiary alicyclic amines) is 1. The number of piperidine rings is 1. The van der Waals surface area contributed by atoms with Gasteiger partial charge in [-0.15, -0.1) is 0 Å². The van der Waals surface area contributed by atoms with E-state index >= 15 is 0 Å². The van der Waals surface area contributed by atoms with Crippen LogP contribution in [0.2, 0.25) is 0 Å². The average molecular weight is 304 g/mol. The molecule has 6 heteroatoms. The average Bonchev–Trinajstić information content (AvgIpc) is 2.50. The minimum atomic E-state index is -0.00295. The van der Waals surface area contributed by atoms with E-state index in [4.69, 9.17) is 5.73 Å². The van der Waals surface area contributed by atoms with Crippen LogP contribution in [0.5, 0.6) is 0 Å². The molecule has 1 saturated heterocycles. The molecule has 2 rings (SSSR count). The molecule has 2 amide bonds. The lowest BCUT2D eigenvalue weighted by Gasteiger charge is -2.31. The molecule has 22 heavy (non-hydrogen) atoms. The number of hydrogen-bond acceptors (Lipinski definition) is 4. The van der Waals surface area contributed by atoms with Crippen molar-refractivity contribution in [3.63, 3.8) is 0 Å². The van der Waals surface area contributed by atoms with Crippen molar-refractivity contribution in [2.75, 3.05) is 31.5 Å². The van der Waals surface area contributed by atoms with Gasteiger partial charge >= 0.3 is 0 Å². The number of hydrogen-bond donors (Lipinski definition) is 3. The van der Waals surface area contributed by atoms with Crippen LogP contribution < -0.4 is 16.4 Å². The van der Waals surface area contributed by atoms with Gasteiger partial charge in [0.15, 0.2) is 0 Å². The van der Waals surface area contributed by atoms with E-state index in [9.17, 15) is 9.59 Å². The number of nitrogens with two attached hydrogens (primary N) is 1. The normalized spacial score (nSPS) is 16.2. The Morgan fingerprint density at radius 1 is 1.14 bits per heavy atom. The van der Waals surface area contributed by atoms with E-state index in [0.717, 1.165) is 31.6 Å². The van der Waals surface area contributed by atoms with Crippen molar-refractivity contribution in [3.05, 3.63) is 30.3 Å². The van der Waals surface area contributed by atoms with Gasteiger partial charge in [-0.05, 0) is 25.0 Å². The molecule has 1 aliphatic heterocycles. The van der Waals surface area contributed by atoms with Crippen molar-refractivity contribution in [1.29, 1.82) is 0 Å². The van der Waals surface area contributed by atoms with E-state index in [-0.39, 0.29) is 17.9 Å². The quantitative estimate of drug-likeness (QED) is 0.716. The topological polar surface area (TPSA) is 87.5 Å². The number of carbonyl (C=O) groups excluding carboxylic acids is 2. The summed E-state index contributed by atoms with van der Waals surface area (Å²) in [6.07, 6.45) is 2.11. The Balaban J connectivity index is 1.68. The fourth-order valence-electron chi connectivity index (χ4n) is 2.59. The van der Waals surface area contributed by atoms with Gasteiger partial charge in [0.05, 0.1) is 6.54 Å². The molecule has 0 saturated carbocycles. The number of para-hydroxylation sites is 1. The second-order valence-corrected chi connectivity index (χ2v) is 5.57. The first-order valence-corrected chi connectivity index (χ1v) is 7.74. The first-order chi connectivity index (χ1) is 10.7. The summed E-state index contributed by atoms with van der Waals surface area (Å²) in [6, 6.07) is 9.65. The predicted molar refractivity (Wildman–Crippen MR) is 86.3 cm³/mol. The lowest BCUT2D eigenvalue weighted by Crippen LogP contribution is -2.46. The van der Waals surface area contributed by atoms with Crippen molar-refractivity contribution >= 4 is 17.5 Å². The summed E-state index contributed by atoms with van der Waals surface area (Å²) >= 11 is 0. The van der Waals surface area contributed by atoms with Crippen molar-refractivity contribution in [2.45, 2.75) is 25.3 Å². The molecule has 1 heterocycles. The molecule has 0 aromatic heterocycles. The highest BCUT2D eigenvalue weighted by Crippen LogP contribution is 2.11. The maximum absolute atomic E-state index is 12.0. The van der Waals surface area contributed by atoms with Gasteiger partial charge in [-0.25, -0.2) is 0 Å². The van der Waals surface area contributed by atoms with Crippen molar-refractivity contribution < 1.29 is 9.59 Å². The summed E-state index contributed by atoms with van der Waals surface area (Å²) in [6.45, 7) is 2.40. The number of rotatable bonds is 6. The number of amides is 2. The minimum Gasteiger partial charge on any atom is -0.353 e. The SMILES string of the molecule is NCCC(=O)NC1CCN(CC(=O)Nc2ccccc2)CC1. The van der Waals surface area contributed by atoms with Crippen LogP contribution in [0.3, 0.4) is 0 Å². The minimum absolute atomic E-state index is 0.00295. The lowest BCUT2D eigenvalue weighted by molar-refractivity contribution is -0.122. The number of anilines is 1. The van der Waals surface area contributed by atoms with Gasteiger partial charge in [0.25, 0.3) is 0 Å². The molecule has 0 spiro atoms. The van der Waals surface area contributed by atoms with Crippen LogP contribution in [0.4, 0.5) is 5.69 Å². The van der Waals surface area contributed by atoms with E-state index in [2.05, 4.69) is 15.5 Å². The standard InChI is InChI=1S/C16H24N4O2/c17-9-6-15(21)18-14-7-10-20(11-8-14)12-16(22)19-13-4-2-1-3-5-13/h1-5,14H,6-12,17H2,(H,18,21)(H,19,22). The smallest absolute Gasteiger partial charge is 0.238 e. The molecule has 1 fully saturated rings. The van der Waals surface area contributed by atoms with E-state index in [1.165, 1.54) is 0 Å². The zero-order valence-electron chi connectivity index (χ0n) is 12.8. The first-order valence-electron chi connectivity index (χ1n) is 7.74.